The number of aromatic nitrogens is 3. The molecule has 0 radical (unpaired) electrons. The maximum atomic E-state index is 9.31. The van der Waals surface area contributed by atoms with Gasteiger partial charge in [0.25, 0.3) is 0 Å². The number of nitriles is 1. The maximum Gasteiger partial charge on any atom is 0.195 e. The van der Waals surface area contributed by atoms with Gasteiger partial charge in [-0.2, -0.15) is 5.26 Å². The molecule has 0 spiro atoms. The molecule has 2 heterocycles. The SMILES string of the molecule is CC(C)NC(C)(C#N)CCCSc1nnc2ccccn12. The first-order chi connectivity index (χ1) is 10.0. The number of hydrogen-bond acceptors (Lipinski definition) is 5. The predicted molar refractivity (Wildman–Crippen MR) is 85.2 cm³/mol. The third kappa shape index (κ3) is 4.19. The second-order valence-electron chi connectivity index (χ2n) is 5.61. The summed E-state index contributed by atoms with van der Waals surface area (Å²) in [4.78, 5) is 0. The van der Waals surface area contributed by atoms with Crippen LogP contribution in [0.4, 0.5) is 0 Å². The standard InChI is InChI=1S/C15H21N5S/c1-12(2)17-15(3,11-16)8-6-10-21-14-19-18-13-7-4-5-9-20(13)14/h4-5,7,9,12,17H,6,8,10H2,1-3H3. The van der Waals surface area contributed by atoms with Crippen molar-refractivity contribution in [1.82, 2.24) is 19.9 Å². The Morgan fingerprint density at radius 1 is 1.43 bits per heavy atom. The van der Waals surface area contributed by atoms with Crippen LogP contribution in [0.25, 0.3) is 5.65 Å². The zero-order valence-corrected chi connectivity index (χ0v) is 13.5. The smallest absolute Gasteiger partial charge is 0.195 e. The quantitative estimate of drug-likeness (QED) is 0.629. The summed E-state index contributed by atoms with van der Waals surface area (Å²) in [5.74, 6) is 0.923. The van der Waals surface area contributed by atoms with Crippen molar-refractivity contribution >= 4 is 17.4 Å². The molecule has 0 bridgehead atoms. The van der Waals surface area contributed by atoms with Crippen LogP contribution in [0, 0.1) is 11.3 Å². The van der Waals surface area contributed by atoms with E-state index in [0.717, 1.165) is 29.4 Å². The minimum Gasteiger partial charge on any atom is -0.297 e. The van der Waals surface area contributed by atoms with Crippen LogP contribution in [0.15, 0.2) is 29.6 Å². The number of thioether (sulfide) groups is 1. The Bertz CT molecular complexity index is 630. The molecule has 2 aromatic heterocycles. The van der Waals surface area contributed by atoms with E-state index in [-0.39, 0.29) is 0 Å². The minimum absolute atomic E-state index is 0.308. The molecular formula is C15H21N5S. The van der Waals surface area contributed by atoms with Gasteiger partial charge < -0.3 is 0 Å². The fourth-order valence-electron chi connectivity index (χ4n) is 2.30. The molecule has 1 N–H and O–H groups in total. The highest BCUT2D eigenvalue weighted by atomic mass is 32.2. The van der Waals surface area contributed by atoms with Crippen molar-refractivity contribution < 1.29 is 0 Å². The van der Waals surface area contributed by atoms with Crippen LogP contribution in [0.2, 0.25) is 0 Å². The third-order valence-electron chi connectivity index (χ3n) is 3.19. The molecule has 6 heteroatoms. The number of pyridine rings is 1. The zero-order chi connectivity index (χ0) is 15.3. The van der Waals surface area contributed by atoms with Crippen molar-refractivity contribution in [2.75, 3.05) is 5.75 Å². The first-order valence-electron chi connectivity index (χ1n) is 7.15. The van der Waals surface area contributed by atoms with E-state index in [9.17, 15) is 5.26 Å². The van der Waals surface area contributed by atoms with Gasteiger partial charge in [0.2, 0.25) is 0 Å². The summed E-state index contributed by atoms with van der Waals surface area (Å²) >= 11 is 1.68. The Morgan fingerprint density at radius 2 is 2.24 bits per heavy atom. The van der Waals surface area contributed by atoms with Gasteiger partial charge in [-0.1, -0.05) is 17.8 Å². The second-order valence-corrected chi connectivity index (χ2v) is 6.67. The summed E-state index contributed by atoms with van der Waals surface area (Å²) in [7, 11) is 0. The van der Waals surface area contributed by atoms with Gasteiger partial charge in [0.05, 0.1) is 6.07 Å². The Morgan fingerprint density at radius 3 is 2.95 bits per heavy atom. The average Bonchev–Trinajstić information content (AvgIpc) is 2.86. The van der Waals surface area contributed by atoms with Crippen molar-refractivity contribution in [3.05, 3.63) is 24.4 Å². The van der Waals surface area contributed by atoms with E-state index >= 15 is 0 Å². The van der Waals surface area contributed by atoms with E-state index in [4.69, 9.17) is 0 Å². The van der Waals surface area contributed by atoms with E-state index < -0.39 is 5.54 Å². The fraction of sp³-hybridized carbons (Fsp3) is 0.533. The van der Waals surface area contributed by atoms with Gasteiger partial charge in [-0.25, -0.2) is 0 Å². The number of hydrogen-bond donors (Lipinski definition) is 1. The lowest BCUT2D eigenvalue weighted by molar-refractivity contribution is 0.380. The molecule has 0 saturated heterocycles. The molecule has 0 aliphatic heterocycles. The molecule has 21 heavy (non-hydrogen) atoms. The zero-order valence-electron chi connectivity index (χ0n) is 12.7. The Labute approximate surface area is 129 Å². The van der Waals surface area contributed by atoms with Gasteiger partial charge in [0.15, 0.2) is 10.8 Å². The Hall–Kier alpha value is -1.58. The van der Waals surface area contributed by atoms with Crippen molar-refractivity contribution in [3.63, 3.8) is 0 Å². The highest BCUT2D eigenvalue weighted by molar-refractivity contribution is 7.99. The summed E-state index contributed by atoms with van der Waals surface area (Å²) in [5, 5.41) is 21.9. The lowest BCUT2D eigenvalue weighted by Crippen LogP contribution is -2.44. The molecule has 0 aliphatic carbocycles. The summed E-state index contributed by atoms with van der Waals surface area (Å²) in [5.41, 5.74) is 0.407. The van der Waals surface area contributed by atoms with Crippen LogP contribution in [0.1, 0.15) is 33.6 Å². The van der Waals surface area contributed by atoms with E-state index in [2.05, 4.69) is 35.4 Å². The number of nitrogens with one attached hydrogen (secondary N) is 1. The monoisotopic (exact) mass is 303 g/mol. The third-order valence-corrected chi connectivity index (χ3v) is 4.22. The molecule has 2 aromatic rings. The molecule has 0 aromatic carbocycles. The molecule has 1 atom stereocenters. The van der Waals surface area contributed by atoms with Crippen molar-refractivity contribution in [3.8, 4) is 6.07 Å². The number of rotatable bonds is 7. The van der Waals surface area contributed by atoms with E-state index in [1.54, 1.807) is 11.8 Å². The molecule has 2 rings (SSSR count). The van der Waals surface area contributed by atoms with Gasteiger partial charge in [-0.05, 0) is 45.7 Å². The fourth-order valence-corrected chi connectivity index (χ4v) is 3.17. The van der Waals surface area contributed by atoms with E-state index in [1.807, 2.05) is 35.7 Å². The van der Waals surface area contributed by atoms with Crippen LogP contribution in [0.3, 0.4) is 0 Å². The molecule has 5 nitrogen and oxygen atoms in total. The van der Waals surface area contributed by atoms with Gasteiger partial charge in [-0.3, -0.25) is 9.72 Å². The Kier molecular flexibility index (Phi) is 5.21. The van der Waals surface area contributed by atoms with Crippen molar-refractivity contribution in [2.45, 2.75) is 50.4 Å². The number of nitrogens with zero attached hydrogens (tertiary/aromatic N) is 4. The van der Waals surface area contributed by atoms with Crippen LogP contribution >= 0.6 is 11.8 Å². The minimum atomic E-state index is -0.457. The number of fused-ring (bicyclic) bond motifs is 1. The Balaban J connectivity index is 1.86. The molecule has 0 fully saturated rings. The van der Waals surface area contributed by atoms with Crippen LogP contribution in [-0.4, -0.2) is 31.9 Å². The van der Waals surface area contributed by atoms with Crippen LogP contribution in [0.5, 0.6) is 0 Å². The predicted octanol–water partition coefficient (Wildman–Crippen LogP) is 2.88. The molecule has 0 saturated carbocycles. The second kappa shape index (κ2) is 6.92. The van der Waals surface area contributed by atoms with Gasteiger partial charge in [0, 0.05) is 18.0 Å². The highest BCUT2D eigenvalue weighted by Crippen LogP contribution is 2.20. The lowest BCUT2D eigenvalue weighted by Gasteiger charge is -2.25. The first-order valence-corrected chi connectivity index (χ1v) is 8.14. The van der Waals surface area contributed by atoms with Gasteiger partial charge >= 0.3 is 0 Å². The molecule has 0 amide bonds. The average molecular weight is 303 g/mol. The summed E-state index contributed by atoms with van der Waals surface area (Å²) in [6, 6.07) is 8.55. The topological polar surface area (TPSA) is 66.0 Å². The molecule has 112 valence electrons. The summed E-state index contributed by atoms with van der Waals surface area (Å²) in [6.45, 7) is 6.09. The maximum absolute atomic E-state index is 9.31. The van der Waals surface area contributed by atoms with Gasteiger partial charge in [-0.15, -0.1) is 10.2 Å². The lowest BCUT2D eigenvalue weighted by atomic mass is 9.97. The largest absolute Gasteiger partial charge is 0.297 e. The first kappa shape index (κ1) is 15.8. The van der Waals surface area contributed by atoms with Crippen LogP contribution in [-0.2, 0) is 0 Å². The van der Waals surface area contributed by atoms with E-state index in [1.165, 1.54) is 0 Å². The molecular weight excluding hydrogens is 282 g/mol. The summed E-state index contributed by atoms with van der Waals surface area (Å²) < 4.78 is 1.99. The highest BCUT2D eigenvalue weighted by Gasteiger charge is 2.23. The van der Waals surface area contributed by atoms with Crippen molar-refractivity contribution in [1.29, 1.82) is 5.26 Å². The summed E-state index contributed by atoms with van der Waals surface area (Å²) in [6.07, 6.45) is 3.75. The van der Waals surface area contributed by atoms with E-state index in [0.29, 0.717) is 6.04 Å². The van der Waals surface area contributed by atoms with Crippen LogP contribution < -0.4 is 5.32 Å². The molecule has 1 unspecified atom stereocenters. The molecule has 0 aliphatic rings. The van der Waals surface area contributed by atoms with Crippen molar-refractivity contribution in [2.24, 2.45) is 0 Å². The van der Waals surface area contributed by atoms with Gasteiger partial charge in [0.1, 0.15) is 5.54 Å². The normalized spacial score (nSPS) is 14.2.